The molecule has 0 bridgehead atoms. The van der Waals surface area contributed by atoms with E-state index in [1.165, 1.54) is 0 Å². The van der Waals surface area contributed by atoms with Gasteiger partial charge in [0.25, 0.3) is 5.91 Å². The molecule has 2 aliphatic rings. The Bertz CT molecular complexity index is 1100. The number of anilines is 2. The van der Waals surface area contributed by atoms with Crippen LogP contribution in [0.2, 0.25) is 0 Å². The number of para-hydroxylation sites is 1. The highest BCUT2D eigenvalue weighted by Crippen LogP contribution is 2.31. The number of aromatic nitrogens is 2. The number of carbonyl (C=O) groups is 2. The molecule has 0 unspecified atom stereocenters. The van der Waals surface area contributed by atoms with E-state index in [-0.39, 0.29) is 11.8 Å². The SMILES string of the molecule is O=C1CCCc2cc(C(=O)Nc3c4c(nn3-c3ccccc3)CCC4)ccc2N1. The van der Waals surface area contributed by atoms with Crippen LogP contribution >= 0.6 is 0 Å². The van der Waals surface area contributed by atoms with E-state index in [1.54, 1.807) is 6.07 Å². The molecule has 1 aliphatic heterocycles. The highest BCUT2D eigenvalue weighted by molar-refractivity contribution is 6.05. The minimum Gasteiger partial charge on any atom is -0.326 e. The average Bonchev–Trinajstić information content (AvgIpc) is 3.26. The Morgan fingerprint density at radius 2 is 1.83 bits per heavy atom. The molecule has 0 saturated carbocycles. The van der Waals surface area contributed by atoms with Crippen molar-refractivity contribution in [3.05, 3.63) is 70.9 Å². The van der Waals surface area contributed by atoms with Gasteiger partial charge in [-0.1, -0.05) is 18.2 Å². The first-order valence-electron chi connectivity index (χ1n) is 10.1. The van der Waals surface area contributed by atoms with Crippen LogP contribution in [0.5, 0.6) is 0 Å². The highest BCUT2D eigenvalue weighted by Gasteiger charge is 2.25. The second-order valence-corrected chi connectivity index (χ2v) is 7.60. The summed E-state index contributed by atoms with van der Waals surface area (Å²) < 4.78 is 1.84. The van der Waals surface area contributed by atoms with Gasteiger partial charge in [-0.2, -0.15) is 5.10 Å². The maximum absolute atomic E-state index is 13.1. The Hall–Kier alpha value is -3.41. The van der Waals surface area contributed by atoms with Crippen LogP contribution in [0.15, 0.2) is 48.5 Å². The smallest absolute Gasteiger partial charge is 0.256 e. The maximum atomic E-state index is 13.1. The normalized spacial score (nSPS) is 15.2. The summed E-state index contributed by atoms with van der Waals surface area (Å²) in [6.07, 6.45) is 5.02. The van der Waals surface area contributed by atoms with E-state index >= 15 is 0 Å². The van der Waals surface area contributed by atoms with Crippen molar-refractivity contribution in [3.63, 3.8) is 0 Å². The zero-order chi connectivity index (χ0) is 19.8. The van der Waals surface area contributed by atoms with Gasteiger partial charge in [-0.05, 0) is 68.0 Å². The maximum Gasteiger partial charge on any atom is 0.256 e. The summed E-state index contributed by atoms with van der Waals surface area (Å²) >= 11 is 0. The Labute approximate surface area is 168 Å². The highest BCUT2D eigenvalue weighted by atomic mass is 16.2. The van der Waals surface area contributed by atoms with Crippen molar-refractivity contribution in [2.24, 2.45) is 0 Å². The Morgan fingerprint density at radius 1 is 1.00 bits per heavy atom. The van der Waals surface area contributed by atoms with Crippen LogP contribution in [-0.4, -0.2) is 21.6 Å². The fourth-order valence-electron chi connectivity index (χ4n) is 4.17. The standard InChI is InChI=1S/C23H22N4O2/c28-21-11-4-6-15-14-16(12-13-19(15)24-21)23(29)25-22-18-9-5-10-20(18)26-27(22)17-7-2-1-3-8-17/h1-3,7-8,12-14H,4-6,9-11H2,(H,24,28)(H,25,29). The third-order valence-corrected chi connectivity index (χ3v) is 5.63. The van der Waals surface area contributed by atoms with Crippen molar-refractivity contribution in [2.45, 2.75) is 38.5 Å². The number of carbonyl (C=O) groups excluding carboxylic acids is 2. The Morgan fingerprint density at radius 3 is 2.69 bits per heavy atom. The molecule has 1 aliphatic carbocycles. The van der Waals surface area contributed by atoms with Crippen molar-refractivity contribution in [1.29, 1.82) is 0 Å². The molecule has 6 heteroatoms. The number of nitrogens with zero attached hydrogens (tertiary/aromatic N) is 2. The average molecular weight is 386 g/mol. The van der Waals surface area contributed by atoms with Crippen LogP contribution < -0.4 is 10.6 Å². The number of hydrogen-bond donors (Lipinski definition) is 2. The molecule has 29 heavy (non-hydrogen) atoms. The van der Waals surface area contributed by atoms with Gasteiger partial charge in [0.15, 0.2) is 0 Å². The monoisotopic (exact) mass is 386 g/mol. The molecule has 5 rings (SSSR count). The molecule has 146 valence electrons. The van der Waals surface area contributed by atoms with Crippen LogP contribution in [0.1, 0.15) is 46.4 Å². The predicted molar refractivity (Wildman–Crippen MR) is 112 cm³/mol. The van der Waals surface area contributed by atoms with Gasteiger partial charge >= 0.3 is 0 Å². The summed E-state index contributed by atoms with van der Waals surface area (Å²) in [5, 5.41) is 10.8. The lowest BCUT2D eigenvalue weighted by molar-refractivity contribution is -0.116. The first kappa shape index (κ1) is 17.7. The molecule has 2 N–H and O–H groups in total. The number of fused-ring (bicyclic) bond motifs is 2. The molecular formula is C23H22N4O2. The largest absolute Gasteiger partial charge is 0.326 e. The number of hydrogen-bond acceptors (Lipinski definition) is 3. The first-order chi connectivity index (χ1) is 14.2. The summed E-state index contributed by atoms with van der Waals surface area (Å²) in [5.74, 6) is 0.635. The topological polar surface area (TPSA) is 76.0 Å². The lowest BCUT2D eigenvalue weighted by atomic mass is 10.0. The van der Waals surface area contributed by atoms with E-state index in [1.807, 2.05) is 47.1 Å². The van der Waals surface area contributed by atoms with Gasteiger partial charge in [-0.15, -0.1) is 0 Å². The van der Waals surface area contributed by atoms with E-state index in [2.05, 4.69) is 10.6 Å². The minimum absolute atomic E-state index is 0.0308. The second-order valence-electron chi connectivity index (χ2n) is 7.60. The molecule has 0 radical (unpaired) electrons. The lowest BCUT2D eigenvalue weighted by Gasteiger charge is -2.13. The Balaban J connectivity index is 1.47. The van der Waals surface area contributed by atoms with Gasteiger partial charge in [-0.3, -0.25) is 9.59 Å². The van der Waals surface area contributed by atoms with Gasteiger partial charge < -0.3 is 10.6 Å². The van der Waals surface area contributed by atoms with Crippen molar-refractivity contribution in [1.82, 2.24) is 9.78 Å². The predicted octanol–water partition coefficient (Wildman–Crippen LogP) is 3.89. The van der Waals surface area contributed by atoms with E-state index in [0.29, 0.717) is 12.0 Å². The Kier molecular flexibility index (Phi) is 4.39. The molecule has 0 atom stereocenters. The summed E-state index contributed by atoms with van der Waals surface area (Å²) in [7, 11) is 0. The summed E-state index contributed by atoms with van der Waals surface area (Å²) in [6.45, 7) is 0. The number of benzene rings is 2. The van der Waals surface area contributed by atoms with Crippen LogP contribution in [0, 0.1) is 0 Å². The van der Waals surface area contributed by atoms with Gasteiger partial charge in [-0.25, -0.2) is 4.68 Å². The first-order valence-corrected chi connectivity index (χ1v) is 10.1. The van der Waals surface area contributed by atoms with Crippen molar-refractivity contribution in [3.8, 4) is 5.69 Å². The second kappa shape index (κ2) is 7.20. The number of rotatable bonds is 3. The summed E-state index contributed by atoms with van der Waals surface area (Å²) in [6, 6.07) is 15.4. The molecule has 2 heterocycles. The molecule has 0 fully saturated rings. The van der Waals surface area contributed by atoms with E-state index in [4.69, 9.17) is 5.10 Å². The third-order valence-electron chi connectivity index (χ3n) is 5.63. The van der Waals surface area contributed by atoms with Crippen LogP contribution in [0.25, 0.3) is 5.69 Å². The fraction of sp³-hybridized carbons (Fsp3) is 0.261. The molecule has 6 nitrogen and oxygen atoms in total. The third kappa shape index (κ3) is 3.31. The molecule has 1 aromatic heterocycles. The molecular weight excluding hydrogens is 364 g/mol. The molecule has 3 aromatic rings. The van der Waals surface area contributed by atoms with Crippen LogP contribution in [0.4, 0.5) is 11.5 Å². The fourth-order valence-corrected chi connectivity index (χ4v) is 4.17. The minimum atomic E-state index is -0.157. The number of amides is 2. The molecule has 0 spiro atoms. The van der Waals surface area contributed by atoms with Gasteiger partial charge in [0.1, 0.15) is 5.82 Å². The zero-order valence-corrected chi connectivity index (χ0v) is 16.1. The zero-order valence-electron chi connectivity index (χ0n) is 16.1. The van der Waals surface area contributed by atoms with Gasteiger partial charge in [0.2, 0.25) is 5.91 Å². The van der Waals surface area contributed by atoms with E-state index in [9.17, 15) is 9.59 Å². The van der Waals surface area contributed by atoms with E-state index in [0.717, 1.165) is 66.1 Å². The van der Waals surface area contributed by atoms with E-state index < -0.39 is 0 Å². The van der Waals surface area contributed by atoms with Gasteiger partial charge in [0, 0.05) is 23.2 Å². The molecule has 0 saturated heterocycles. The van der Waals surface area contributed by atoms with Crippen molar-refractivity contribution >= 4 is 23.3 Å². The summed E-state index contributed by atoms with van der Waals surface area (Å²) in [5.41, 5.74) is 5.52. The summed E-state index contributed by atoms with van der Waals surface area (Å²) in [4.78, 5) is 24.8. The quantitative estimate of drug-likeness (QED) is 0.717. The van der Waals surface area contributed by atoms with Crippen molar-refractivity contribution in [2.75, 3.05) is 10.6 Å². The molecule has 2 aromatic carbocycles. The number of nitrogens with one attached hydrogen (secondary N) is 2. The van der Waals surface area contributed by atoms with Crippen LogP contribution in [0.3, 0.4) is 0 Å². The van der Waals surface area contributed by atoms with Crippen LogP contribution in [-0.2, 0) is 24.1 Å². The lowest BCUT2D eigenvalue weighted by Crippen LogP contribution is -2.17. The number of aryl methyl sites for hydroxylation is 2. The van der Waals surface area contributed by atoms with Gasteiger partial charge in [0.05, 0.1) is 11.4 Å². The van der Waals surface area contributed by atoms with Crippen molar-refractivity contribution < 1.29 is 9.59 Å². The molecule has 2 amide bonds.